The topological polar surface area (TPSA) is 0 Å². The van der Waals surface area contributed by atoms with E-state index in [1.165, 1.54) is 100 Å². The SMILES string of the molecule is Cc1cc(C)c([Se]Cc2c(C[Se]c3c(C)cc(C)cc3C)c(C[Se]c3c(C)cc(C)cc3C)c(C[Se]c3c(C)cc(C)cc3C)c(C[Se]c3c(C)cc(C)cc3C)c2C[Se]c2c(C)cc(C)cc2C)c(C)c1. The summed E-state index contributed by atoms with van der Waals surface area (Å²) in [6, 6.07) is 29.4. The van der Waals surface area contributed by atoms with E-state index in [-0.39, 0.29) is 89.7 Å². The van der Waals surface area contributed by atoms with E-state index in [1.54, 1.807) is 60.2 Å². The average molecular weight is 1350 g/mol. The van der Waals surface area contributed by atoms with Crippen LogP contribution in [-0.2, 0) is 31.9 Å². The Morgan fingerprint density at radius 2 is 0.278 bits per heavy atom. The first kappa shape index (κ1) is 57.4. The van der Waals surface area contributed by atoms with Crippen molar-refractivity contribution in [2.75, 3.05) is 0 Å². The molecule has 0 spiro atoms. The van der Waals surface area contributed by atoms with E-state index in [2.05, 4.69) is 197 Å². The molecule has 72 heavy (non-hydrogen) atoms. The summed E-state index contributed by atoms with van der Waals surface area (Å²) in [6.45, 7) is 42.3. The van der Waals surface area contributed by atoms with Crippen LogP contribution >= 0.6 is 0 Å². The summed E-state index contributed by atoms with van der Waals surface area (Å²) < 4.78 is 9.68. The molecule has 0 aliphatic heterocycles. The molecule has 0 N–H and O–H groups in total. The third-order valence-electron chi connectivity index (χ3n) is 14.0. The van der Waals surface area contributed by atoms with Crippen LogP contribution in [0, 0.1) is 125 Å². The van der Waals surface area contributed by atoms with Gasteiger partial charge < -0.3 is 0 Å². The Hall–Kier alpha value is -2.34. The van der Waals surface area contributed by atoms with Gasteiger partial charge in [0.15, 0.2) is 0 Å². The van der Waals surface area contributed by atoms with Gasteiger partial charge in [-0.1, -0.05) is 0 Å². The molecule has 0 amide bonds. The van der Waals surface area contributed by atoms with Crippen molar-refractivity contribution in [1.82, 2.24) is 0 Å². The summed E-state index contributed by atoms with van der Waals surface area (Å²) in [5.74, 6) is 0. The molecule has 7 aromatic carbocycles. The predicted molar refractivity (Wildman–Crippen MR) is 325 cm³/mol. The van der Waals surface area contributed by atoms with Gasteiger partial charge in [-0.2, -0.15) is 0 Å². The van der Waals surface area contributed by atoms with Crippen LogP contribution in [0.2, 0.25) is 0 Å². The fourth-order valence-corrected chi connectivity index (χ4v) is 26.6. The number of hydrogen-bond donors (Lipinski definition) is 0. The Bertz CT molecular complexity index is 2460. The predicted octanol–water partition coefficient (Wildman–Crippen LogP) is 10.4. The molecule has 0 saturated carbocycles. The van der Waals surface area contributed by atoms with Crippen LogP contribution in [0.15, 0.2) is 72.8 Å². The summed E-state index contributed by atoms with van der Waals surface area (Å²) in [4.78, 5) is 0. The van der Waals surface area contributed by atoms with Crippen LogP contribution < -0.4 is 26.8 Å². The molecule has 0 fully saturated rings. The van der Waals surface area contributed by atoms with E-state index in [4.69, 9.17) is 0 Å². The fourth-order valence-electron chi connectivity index (χ4n) is 11.4. The van der Waals surface area contributed by atoms with E-state index in [0.717, 1.165) is 31.9 Å². The maximum absolute atomic E-state index is 2.45. The van der Waals surface area contributed by atoms with E-state index >= 15 is 0 Å². The summed E-state index contributed by atoms with van der Waals surface area (Å²) in [6.07, 6.45) is 0. The van der Waals surface area contributed by atoms with Crippen molar-refractivity contribution in [3.63, 3.8) is 0 Å². The average Bonchev–Trinajstić information content (AvgIpc) is 3.25. The van der Waals surface area contributed by atoms with Crippen molar-refractivity contribution < 1.29 is 0 Å². The summed E-state index contributed by atoms with van der Waals surface area (Å²) in [7, 11) is 0. The second-order valence-electron chi connectivity index (χ2n) is 21.0. The molecule has 0 heterocycles. The van der Waals surface area contributed by atoms with Gasteiger partial charge in [0.25, 0.3) is 0 Å². The van der Waals surface area contributed by atoms with Gasteiger partial charge in [-0.3, -0.25) is 0 Å². The third-order valence-corrected chi connectivity index (χ3v) is 31.2. The van der Waals surface area contributed by atoms with Crippen molar-refractivity contribution in [3.8, 4) is 0 Å². The standard InChI is InChI=1S/C66H78Se6/c1-37-19-43(7)61(44(8)20-37)67-31-55-56(32-68-62-45(9)21-38(2)22-46(62)10)58(34-70-64-49(13)25-40(4)26-50(64)14)60(36-72-66-53(17)29-42(6)30-54(66)18)59(35-71-65-51(15)27-41(5)28-52(65)16)57(55)33-69-63-47(11)23-39(3)24-48(63)12/h19-30H,31-36H2,1-18H3. The summed E-state index contributed by atoms with van der Waals surface area (Å²) in [5, 5.41) is 6.91. The van der Waals surface area contributed by atoms with Crippen LogP contribution in [0.5, 0.6) is 0 Å². The molecule has 0 aliphatic rings. The third kappa shape index (κ3) is 13.8. The van der Waals surface area contributed by atoms with E-state index in [0.29, 0.717) is 0 Å². The van der Waals surface area contributed by atoms with Crippen molar-refractivity contribution in [2.45, 2.75) is 157 Å². The van der Waals surface area contributed by atoms with Crippen molar-refractivity contribution in [2.24, 2.45) is 0 Å². The Labute approximate surface area is 474 Å². The Kier molecular flexibility index (Phi) is 20.1. The molecule has 0 atom stereocenters. The van der Waals surface area contributed by atoms with Gasteiger partial charge in [-0.15, -0.1) is 0 Å². The molecule has 7 rings (SSSR count). The Morgan fingerprint density at radius 1 is 0.181 bits per heavy atom. The monoisotopic (exact) mass is 1350 g/mol. The van der Waals surface area contributed by atoms with Gasteiger partial charge in [-0.25, -0.2) is 0 Å². The molecule has 0 aliphatic carbocycles. The molecule has 6 heteroatoms. The molecule has 0 unspecified atom stereocenters. The maximum atomic E-state index is 2.45. The van der Waals surface area contributed by atoms with Crippen LogP contribution in [-0.4, -0.2) is 89.7 Å². The Morgan fingerprint density at radius 3 is 0.375 bits per heavy atom. The molecule has 378 valence electrons. The zero-order valence-corrected chi connectivity index (χ0v) is 56.9. The zero-order chi connectivity index (χ0) is 52.3. The van der Waals surface area contributed by atoms with Crippen LogP contribution in [0.3, 0.4) is 0 Å². The zero-order valence-electron chi connectivity index (χ0n) is 46.6. The van der Waals surface area contributed by atoms with Gasteiger partial charge in [0.2, 0.25) is 0 Å². The van der Waals surface area contributed by atoms with Gasteiger partial charge in [0.1, 0.15) is 0 Å². The second-order valence-corrected chi connectivity index (χ2v) is 33.4. The summed E-state index contributed by atoms with van der Waals surface area (Å²) >= 11 is 1.73. The molecular formula is C66H78Se6. The molecule has 0 nitrogen and oxygen atoms in total. The van der Waals surface area contributed by atoms with Crippen LogP contribution in [0.1, 0.15) is 134 Å². The first-order valence-corrected chi connectivity index (χ1v) is 37.9. The Balaban J connectivity index is 1.57. The van der Waals surface area contributed by atoms with Crippen LogP contribution in [0.25, 0.3) is 0 Å². The number of rotatable bonds is 18. The first-order valence-electron chi connectivity index (χ1n) is 25.5. The molecule has 0 saturated heterocycles. The molecule has 0 bridgehead atoms. The van der Waals surface area contributed by atoms with Gasteiger partial charge in [-0.05, 0) is 0 Å². The molecule has 7 aromatic rings. The van der Waals surface area contributed by atoms with Gasteiger partial charge in [0.05, 0.1) is 0 Å². The van der Waals surface area contributed by atoms with Crippen molar-refractivity contribution in [1.29, 1.82) is 0 Å². The molecule has 0 radical (unpaired) electrons. The van der Waals surface area contributed by atoms with Gasteiger partial charge in [0, 0.05) is 0 Å². The fraction of sp³-hybridized carbons (Fsp3) is 0.364. The van der Waals surface area contributed by atoms with Crippen molar-refractivity contribution in [3.05, 3.63) is 206 Å². The van der Waals surface area contributed by atoms with E-state index in [9.17, 15) is 0 Å². The normalized spacial score (nSPS) is 11.6. The number of benzene rings is 7. The number of hydrogen-bond acceptors (Lipinski definition) is 0. The quantitative estimate of drug-likeness (QED) is 0.0752. The van der Waals surface area contributed by atoms with Crippen molar-refractivity contribution >= 4 is 117 Å². The summed E-state index contributed by atoms with van der Waals surface area (Å²) in [5.41, 5.74) is 36.5. The van der Waals surface area contributed by atoms with Gasteiger partial charge >= 0.3 is 479 Å². The number of aryl methyl sites for hydroxylation is 18. The molecular weight excluding hydrogens is 1270 g/mol. The first-order chi connectivity index (χ1) is 34.1. The van der Waals surface area contributed by atoms with Crippen LogP contribution in [0.4, 0.5) is 0 Å². The minimum atomic E-state index is 0.289. The van der Waals surface area contributed by atoms with E-state index in [1.807, 2.05) is 0 Å². The second kappa shape index (κ2) is 25.2. The molecule has 0 aromatic heterocycles. The van der Waals surface area contributed by atoms with E-state index < -0.39 is 0 Å². The minimum absolute atomic E-state index is 0.289.